The van der Waals surface area contributed by atoms with Gasteiger partial charge < -0.3 is 9.47 Å². The fourth-order valence-corrected chi connectivity index (χ4v) is 3.05. The van der Waals surface area contributed by atoms with Gasteiger partial charge in [-0.3, -0.25) is 4.90 Å². The summed E-state index contributed by atoms with van der Waals surface area (Å²) < 4.78 is 11.1. The van der Waals surface area contributed by atoms with Gasteiger partial charge in [-0.15, -0.1) is 0 Å². The number of rotatable bonds is 5. The molecule has 0 aromatic heterocycles. The highest BCUT2D eigenvalue weighted by Crippen LogP contribution is 2.42. The molecule has 0 saturated carbocycles. The lowest BCUT2D eigenvalue weighted by atomic mass is 10.0. The molecule has 3 nitrogen and oxygen atoms in total. The molecule has 0 spiro atoms. The minimum atomic E-state index is 0.425. The Labute approximate surface area is 116 Å². The summed E-state index contributed by atoms with van der Waals surface area (Å²) in [7, 11) is 3.47. The van der Waals surface area contributed by atoms with E-state index in [1.54, 1.807) is 14.2 Å². The van der Waals surface area contributed by atoms with Crippen molar-refractivity contribution in [3.05, 3.63) is 23.8 Å². The second kappa shape index (κ2) is 6.29. The minimum absolute atomic E-state index is 0.425. The van der Waals surface area contributed by atoms with E-state index in [9.17, 15) is 0 Å². The lowest BCUT2D eigenvalue weighted by Gasteiger charge is -2.28. The maximum Gasteiger partial charge on any atom is 0.127 e. The van der Waals surface area contributed by atoms with Crippen LogP contribution < -0.4 is 9.47 Å². The van der Waals surface area contributed by atoms with Crippen LogP contribution in [0.3, 0.4) is 0 Å². The Morgan fingerprint density at radius 3 is 2.37 bits per heavy atom. The molecule has 0 aliphatic carbocycles. The number of likely N-dealkylation sites (tertiary alicyclic amines) is 1. The van der Waals surface area contributed by atoms with E-state index in [2.05, 4.69) is 18.7 Å². The van der Waals surface area contributed by atoms with Crippen molar-refractivity contribution in [3.8, 4) is 11.5 Å². The van der Waals surface area contributed by atoms with Gasteiger partial charge in [0.25, 0.3) is 0 Å². The maximum atomic E-state index is 5.55. The summed E-state index contributed by atoms with van der Waals surface area (Å²) in [5.74, 6) is 2.57. The van der Waals surface area contributed by atoms with Crippen molar-refractivity contribution < 1.29 is 9.47 Å². The van der Waals surface area contributed by atoms with Gasteiger partial charge in [-0.1, -0.05) is 19.9 Å². The minimum Gasteiger partial charge on any atom is -0.496 e. The summed E-state index contributed by atoms with van der Waals surface area (Å²) in [6, 6.07) is 6.48. The van der Waals surface area contributed by atoms with Crippen LogP contribution in [0.25, 0.3) is 0 Å². The molecule has 0 radical (unpaired) electrons. The first-order valence-electron chi connectivity index (χ1n) is 7.12. The average Bonchev–Trinajstić information content (AvgIpc) is 2.84. The number of hydrogen-bond donors (Lipinski definition) is 0. The van der Waals surface area contributed by atoms with Crippen LogP contribution in [0.1, 0.15) is 38.3 Å². The van der Waals surface area contributed by atoms with Crippen LogP contribution in [-0.2, 0) is 0 Å². The van der Waals surface area contributed by atoms with Crippen LogP contribution in [0.2, 0.25) is 0 Å². The first-order valence-corrected chi connectivity index (χ1v) is 7.12. The molecule has 0 unspecified atom stereocenters. The topological polar surface area (TPSA) is 21.7 Å². The molecule has 19 heavy (non-hydrogen) atoms. The molecule has 1 fully saturated rings. The maximum absolute atomic E-state index is 5.55. The summed E-state index contributed by atoms with van der Waals surface area (Å²) in [5, 5.41) is 0. The fraction of sp³-hybridized carbons (Fsp3) is 0.625. The molecule has 1 saturated heterocycles. The molecule has 1 aliphatic rings. The zero-order valence-corrected chi connectivity index (χ0v) is 12.5. The van der Waals surface area contributed by atoms with Crippen molar-refractivity contribution in [2.45, 2.75) is 32.7 Å². The third kappa shape index (κ3) is 3.03. The first kappa shape index (κ1) is 14.2. The van der Waals surface area contributed by atoms with Gasteiger partial charge in [0.1, 0.15) is 11.5 Å². The van der Waals surface area contributed by atoms with E-state index in [0.717, 1.165) is 18.0 Å². The monoisotopic (exact) mass is 263 g/mol. The van der Waals surface area contributed by atoms with E-state index in [4.69, 9.17) is 9.47 Å². The summed E-state index contributed by atoms with van der Waals surface area (Å²) >= 11 is 0. The number of benzene rings is 1. The Morgan fingerprint density at radius 1 is 1.21 bits per heavy atom. The van der Waals surface area contributed by atoms with Crippen LogP contribution in [0, 0.1) is 5.92 Å². The van der Waals surface area contributed by atoms with Gasteiger partial charge in [-0.05, 0) is 37.4 Å². The van der Waals surface area contributed by atoms with Crippen molar-refractivity contribution in [2.24, 2.45) is 5.92 Å². The van der Waals surface area contributed by atoms with Gasteiger partial charge in [0.05, 0.1) is 19.8 Å². The largest absolute Gasteiger partial charge is 0.496 e. The summed E-state index contributed by atoms with van der Waals surface area (Å²) in [6.07, 6.45) is 2.43. The normalized spacial score (nSPS) is 19.9. The molecular weight excluding hydrogens is 238 g/mol. The molecule has 1 heterocycles. The number of methoxy groups -OCH3 is 2. The Morgan fingerprint density at radius 2 is 1.84 bits per heavy atom. The quantitative estimate of drug-likeness (QED) is 0.811. The molecular formula is C16H25NO2. The smallest absolute Gasteiger partial charge is 0.127 e. The highest BCUT2D eigenvalue weighted by molar-refractivity contribution is 5.47. The molecule has 1 atom stereocenters. The average molecular weight is 263 g/mol. The van der Waals surface area contributed by atoms with Gasteiger partial charge >= 0.3 is 0 Å². The Kier molecular flexibility index (Phi) is 4.70. The highest BCUT2D eigenvalue weighted by Gasteiger charge is 2.30. The van der Waals surface area contributed by atoms with E-state index < -0.39 is 0 Å². The van der Waals surface area contributed by atoms with Gasteiger partial charge in [0, 0.05) is 12.6 Å². The van der Waals surface area contributed by atoms with E-state index >= 15 is 0 Å². The predicted octanol–water partition coefficient (Wildman–Crippen LogP) is 3.50. The van der Waals surface area contributed by atoms with Crippen molar-refractivity contribution in [1.82, 2.24) is 4.90 Å². The van der Waals surface area contributed by atoms with E-state index in [0.29, 0.717) is 12.0 Å². The molecule has 2 rings (SSSR count). The molecule has 0 bridgehead atoms. The van der Waals surface area contributed by atoms with Crippen molar-refractivity contribution in [1.29, 1.82) is 0 Å². The van der Waals surface area contributed by atoms with Crippen molar-refractivity contribution in [3.63, 3.8) is 0 Å². The van der Waals surface area contributed by atoms with Crippen LogP contribution in [0.5, 0.6) is 11.5 Å². The van der Waals surface area contributed by atoms with E-state index in [-0.39, 0.29) is 0 Å². The zero-order valence-electron chi connectivity index (χ0n) is 12.5. The van der Waals surface area contributed by atoms with E-state index in [1.165, 1.54) is 24.9 Å². The Balaban J connectivity index is 2.33. The van der Waals surface area contributed by atoms with Crippen molar-refractivity contribution in [2.75, 3.05) is 27.3 Å². The summed E-state index contributed by atoms with van der Waals surface area (Å²) in [4.78, 5) is 2.56. The van der Waals surface area contributed by atoms with Crippen LogP contribution in [0.15, 0.2) is 18.2 Å². The molecule has 0 N–H and O–H groups in total. The molecule has 1 aliphatic heterocycles. The third-order valence-electron chi connectivity index (χ3n) is 3.76. The second-order valence-electron chi connectivity index (χ2n) is 5.62. The Bertz CT molecular complexity index is 395. The van der Waals surface area contributed by atoms with Crippen molar-refractivity contribution >= 4 is 0 Å². The van der Waals surface area contributed by atoms with E-state index in [1.807, 2.05) is 18.2 Å². The third-order valence-corrected chi connectivity index (χ3v) is 3.76. The zero-order chi connectivity index (χ0) is 13.8. The first-order chi connectivity index (χ1) is 9.17. The molecule has 1 aromatic carbocycles. The lowest BCUT2D eigenvalue weighted by Crippen LogP contribution is -2.27. The van der Waals surface area contributed by atoms with Crippen LogP contribution >= 0.6 is 0 Å². The van der Waals surface area contributed by atoms with Gasteiger partial charge in [-0.2, -0.15) is 0 Å². The second-order valence-corrected chi connectivity index (χ2v) is 5.62. The summed E-state index contributed by atoms with van der Waals surface area (Å²) in [5.41, 5.74) is 1.21. The molecule has 1 aromatic rings. The molecule has 106 valence electrons. The lowest BCUT2D eigenvalue weighted by molar-refractivity contribution is 0.220. The van der Waals surface area contributed by atoms with Gasteiger partial charge in [0.2, 0.25) is 0 Å². The highest BCUT2D eigenvalue weighted by atomic mass is 16.5. The molecule has 0 amide bonds. The van der Waals surface area contributed by atoms with Crippen LogP contribution in [-0.4, -0.2) is 32.2 Å². The number of ether oxygens (including phenoxy) is 2. The van der Waals surface area contributed by atoms with Gasteiger partial charge in [-0.25, -0.2) is 0 Å². The SMILES string of the molecule is COc1cccc(OC)c1[C@@H]1CCCN1CC(C)C. The summed E-state index contributed by atoms with van der Waals surface area (Å²) in [6.45, 7) is 6.85. The Hall–Kier alpha value is -1.22. The standard InChI is InChI=1S/C16H25NO2/c1-12(2)11-17-10-6-7-13(17)16-14(18-3)8-5-9-15(16)19-4/h5,8-9,12-13H,6-7,10-11H2,1-4H3/t13-/m0/s1. The fourth-order valence-electron chi connectivity index (χ4n) is 3.05. The predicted molar refractivity (Wildman–Crippen MR) is 77.9 cm³/mol. The molecule has 3 heteroatoms. The number of hydrogen-bond acceptors (Lipinski definition) is 3. The number of nitrogens with zero attached hydrogens (tertiary/aromatic N) is 1. The van der Waals surface area contributed by atoms with Gasteiger partial charge in [0.15, 0.2) is 0 Å². The van der Waals surface area contributed by atoms with Crippen LogP contribution in [0.4, 0.5) is 0 Å².